The monoisotopic (exact) mass is 386 g/mol. The highest BCUT2D eigenvalue weighted by atomic mass is 35.5. The van der Waals surface area contributed by atoms with Gasteiger partial charge in [0.25, 0.3) is 17.2 Å². The van der Waals surface area contributed by atoms with Gasteiger partial charge in [0.05, 0.1) is 11.5 Å². The molecule has 0 radical (unpaired) electrons. The number of benzene rings is 2. The number of nitrogens with zero attached hydrogens (tertiary/aromatic N) is 3. The van der Waals surface area contributed by atoms with E-state index in [-0.39, 0.29) is 5.69 Å². The summed E-state index contributed by atoms with van der Waals surface area (Å²) in [4.78, 5) is 12.5. The lowest BCUT2D eigenvalue weighted by molar-refractivity contribution is -0.534. The van der Waals surface area contributed by atoms with Gasteiger partial charge in [0, 0.05) is 29.1 Å². The average Bonchev–Trinajstić information content (AvgIpc) is 2.79. The van der Waals surface area contributed by atoms with Crippen LogP contribution in [0.2, 0.25) is 5.02 Å². The predicted octanol–water partition coefficient (Wildman–Crippen LogP) is 3.90. The molecule has 0 fully saturated rings. The van der Waals surface area contributed by atoms with E-state index in [4.69, 9.17) is 11.6 Å². The molecule has 27 heavy (non-hydrogen) atoms. The molecule has 0 amide bonds. The Kier molecular flexibility index (Phi) is 4.61. The summed E-state index contributed by atoms with van der Waals surface area (Å²) in [5.41, 5.74) is 0.235. The zero-order valence-corrected chi connectivity index (χ0v) is 15.6. The maximum atomic E-state index is 11.8. The van der Waals surface area contributed by atoms with Gasteiger partial charge in [-0.25, -0.2) is 0 Å². The van der Waals surface area contributed by atoms with Crippen LogP contribution in [0, 0.1) is 10.1 Å². The van der Waals surface area contributed by atoms with Gasteiger partial charge in [-0.2, -0.15) is 4.90 Å². The molecule has 4 rings (SSSR count). The number of anilines is 1. The molecular weight excluding hydrogens is 366 g/mol. The first kappa shape index (κ1) is 17.9. The molecule has 2 aliphatic heterocycles. The van der Waals surface area contributed by atoms with E-state index in [9.17, 15) is 15.2 Å². The number of halogens is 1. The minimum atomic E-state index is -1.28. The van der Waals surface area contributed by atoms with Crippen LogP contribution in [0.5, 0.6) is 0 Å². The molecule has 1 N–H and O–H groups in total. The Bertz CT molecular complexity index is 896. The number of aliphatic hydroxyl groups is 1. The van der Waals surface area contributed by atoms with Crippen molar-refractivity contribution in [3.63, 3.8) is 0 Å². The second-order valence-corrected chi connectivity index (χ2v) is 7.52. The molecular formula is C20H21ClN3O3+. The molecule has 6 nitrogen and oxygen atoms in total. The van der Waals surface area contributed by atoms with Crippen molar-refractivity contribution in [1.82, 2.24) is 0 Å². The van der Waals surface area contributed by atoms with Crippen LogP contribution in [-0.2, 0) is 5.72 Å². The van der Waals surface area contributed by atoms with Crippen molar-refractivity contribution >= 4 is 28.8 Å². The molecule has 0 aliphatic carbocycles. The molecule has 0 bridgehead atoms. The number of nitro benzene ring substituents is 1. The van der Waals surface area contributed by atoms with Gasteiger partial charge in [0.2, 0.25) is 0 Å². The summed E-state index contributed by atoms with van der Waals surface area (Å²) >= 11 is 6.05. The summed E-state index contributed by atoms with van der Waals surface area (Å²) < 4.78 is 2.24. The summed E-state index contributed by atoms with van der Waals surface area (Å²) in [5.74, 6) is 1.09. The highest BCUT2D eigenvalue weighted by molar-refractivity contribution is 6.30. The average molecular weight is 387 g/mol. The first-order chi connectivity index (χ1) is 13.0. The van der Waals surface area contributed by atoms with Crippen LogP contribution in [0.25, 0.3) is 0 Å². The summed E-state index contributed by atoms with van der Waals surface area (Å²) in [6.07, 6.45) is 4.23. The van der Waals surface area contributed by atoms with Crippen molar-refractivity contribution in [2.24, 2.45) is 0 Å². The molecule has 2 aromatic carbocycles. The van der Waals surface area contributed by atoms with Crippen molar-refractivity contribution in [2.45, 2.75) is 31.4 Å². The zero-order valence-electron chi connectivity index (χ0n) is 14.8. The van der Waals surface area contributed by atoms with Crippen LogP contribution in [0.4, 0.5) is 11.4 Å². The van der Waals surface area contributed by atoms with Crippen molar-refractivity contribution in [3.05, 3.63) is 69.2 Å². The van der Waals surface area contributed by atoms with Gasteiger partial charge in [0.1, 0.15) is 5.69 Å². The molecule has 0 saturated carbocycles. The number of hydrogen-bond donors (Lipinski definition) is 1. The predicted molar refractivity (Wildman–Crippen MR) is 104 cm³/mol. The zero-order chi connectivity index (χ0) is 19.0. The van der Waals surface area contributed by atoms with E-state index in [2.05, 4.69) is 4.58 Å². The Balaban J connectivity index is 1.80. The van der Waals surface area contributed by atoms with Gasteiger partial charge in [0.15, 0.2) is 6.54 Å². The highest BCUT2D eigenvalue weighted by Crippen LogP contribution is 2.38. The van der Waals surface area contributed by atoms with Crippen LogP contribution >= 0.6 is 11.6 Å². The van der Waals surface area contributed by atoms with Gasteiger partial charge in [-0.3, -0.25) is 14.7 Å². The summed E-state index contributed by atoms with van der Waals surface area (Å²) in [5, 5.41) is 23.4. The molecule has 140 valence electrons. The summed E-state index contributed by atoms with van der Waals surface area (Å²) in [6.45, 7) is 1.33. The minimum absolute atomic E-state index is 0.0144. The third-order valence-electron chi connectivity index (χ3n) is 5.36. The van der Waals surface area contributed by atoms with Crippen LogP contribution in [0.15, 0.2) is 48.5 Å². The van der Waals surface area contributed by atoms with E-state index in [1.54, 1.807) is 12.1 Å². The second kappa shape index (κ2) is 6.94. The molecule has 2 heterocycles. The minimum Gasteiger partial charge on any atom is -0.346 e. The van der Waals surface area contributed by atoms with Gasteiger partial charge >= 0.3 is 0 Å². The third-order valence-corrected chi connectivity index (χ3v) is 5.61. The molecule has 1 unspecified atom stereocenters. The summed E-state index contributed by atoms with van der Waals surface area (Å²) in [7, 11) is 0. The van der Waals surface area contributed by atoms with Gasteiger partial charge in [-0.1, -0.05) is 11.6 Å². The molecule has 7 heteroatoms. The fraction of sp³-hybridized carbons (Fsp3) is 0.350. The molecule has 1 atom stereocenters. The van der Waals surface area contributed by atoms with Gasteiger partial charge < -0.3 is 5.11 Å². The fourth-order valence-electron chi connectivity index (χ4n) is 4.05. The molecule has 2 aromatic rings. The van der Waals surface area contributed by atoms with Crippen molar-refractivity contribution < 1.29 is 14.6 Å². The number of hydrogen-bond acceptors (Lipinski definition) is 4. The molecule has 0 aromatic heterocycles. The third kappa shape index (κ3) is 3.19. The van der Waals surface area contributed by atoms with E-state index in [0.717, 1.165) is 37.3 Å². The Morgan fingerprint density at radius 3 is 2.44 bits per heavy atom. The van der Waals surface area contributed by atoms with E-state index >= 15 is 0 Å². The Hall–Kier alpha value is -2.44. The van der Waals surface area contributed by atoms with Crippen molar-refractivity contribution in [1.29, 1.82) is 0 Å². The molecule has 0 spiro atoms. The van der Waals surface area contributed by atoms with Gasteiger partial charge in [-0.05, 0) is 55.7 Å². The Labute approximate surface area is 162 Å². The van der Waals surface area contributed by atoms with E-state index < -0.39 is 10.6 Å². The van der Waals surface area contributed by atoms with Crippen molar-refractivity contribution in [2.75, 3.05) is 18.0 Å². The van der Waals surface area contributed by atoms with E-state index in [1.165, 1.54) is 18.6 Å². The van der Waals surface area contributed by atoms with E-state index in [0.29, 0.717) is 17.1 Å². The molecule has 2 aliphatic rings. The smallest absolute Gasteiger partial charge is 0.275 e. The Morgan fingerprint density at radius 2 is 1.78 bits per heavy atom. The SMILES string of the molecule is O=[N+]([O-])c1ccc(C2(O)C[N+]3=C(CCCCC3)N2c2ccc(Cl)cc2)cc1. The summed E-state index contributed by atoms with van der Waals surface area (Å²) in [6, 6.07) is 13.6. The largest absolute Gasteiger partial charge is 0.346 e. The van der Waals surface area contributed by atoms with Crippen molar-refractivity contribution in [3.8, 4) is 0 Å². The number of non-ortho nitro benzene ring substituents is 1. The first-order valence-electron chi connectivity index (χ1n) is 9.13. The topological polar surface area (TPSA) is 69.6 Å². The van der Waals surface area contributed by atoms with E-state index in [1.807, 2.05) is 29.2 Å². The fourth-order valence-corrected chi connectivity index (χ4v) is 4.17. The van der Waals surface area contributed by atoms with Crippen LogP contribution in [0.1, 0.15) is 31.2 Å². The lowest BCUT2D eigenvalue weighted by Gasteiger charge is -2.29. The quantitative estimate of drug-likeness (QED) is 0.493. The Morgan fingerprint density at radius 1 is 1.07 bits per heavy atom. The standard InChI is InChI=1S/C20H21ClN3O3/c21-16-7-11-17(12-8-16)23-19-4-2-1-3-13-22(19)14-20(23,25)15-5-9-18(10-6-15)24(26)27/h5-12,25H,1-4,13-14H2/q+1. The second-order valence-electron chi connectivity index (χ2n) is 7.08. The van der Waals surface area contributed by atoms with Crippen LogP contribution in [0.3, 0.4) is 0 Å². The normalized spacial score (nSPS) is 22.5. The van der Waals surface area contributed by atoms with Crippen LogP contribution in [-0.4, -0.2) is 33.5 Å². The number of rotatable bonds is 3. The molecule has 0 saturated heterocycles. The number of amidine groups is 1. The number of nitro groups is 1. The van der Waals surface area contributed by atoms with Crippen LogP contribution < -0.4 is 4.90 Å². The van der Waals surface area contributed by atoms with Gasteiger partial charge in [-0.15, -0.1) is 0 Å². The maximum absolute atomic E-state index is 11.8. The lowest BCUT2D eigenvalue weighted by Crippen LogP contribution is -2.47. The highest BCUT2D eigenvalue weighted by Gasteiger charge is 2.54. The lowest BCUT2D eigenvalue weighted by atomic mass is 9.99. The first-order valence-corrected chi connectivity index (χ1v) is 9.51. The maximum Gasteiger partial charge on any atom is 0.275 e.